The van der Waals surface area contributed by atoms with E-state index in [1.54, 1.807) is 17.9 Å². The molecule has 1 aliphatic carbocycles. The van der Waals surface area contributed by atoms with E-state index in [0.717, 1.165) is 47.2 Å². The van der Waals surface area contributed by atoms with Crippen molar-refractivity contribution in [3.8, 4) is 27.8 Å². The molecule has 6 rings (SSSR count). The summed E-state index contributed by atoms with van der Waals surface area (Å²) in [6.45, 7) is 4.79. The quantitative estimate of drug-likeness (QED) is 0.339. The van der Waals surface area contributed by atoms with Gasteiger partial charge in [0.05, 0.1) is 41.7 Å². The molecule has 0 radical (unpaired) electrons. The second kappa shape index (κ2) is 8.54. The van der Waals surface area contributed by atoms with Gasteiger partial charge in [-0.15, -0.1) is 0 Å². The average Bonchev–Trinajstić information content (AvgIpc) is 3.21. The second-order valence-electron chi connectivity index (χ2n) is 9.63. The maximum Gasteiger partial charge on any atom is 0.434 e. The van der Waals surface area contributed by atoms with Crippen molar-refractivity contribution < 1.29 is 17.9 Å². The number of halogens is 3. The Balaban J connectivity index is 1.34. The van der Waals surface area contributed by atoms with Crippen LogP contribution in [0.2, 0.25) is 0 Å². The number of methoxy groups -OCH3 is 1. The molecule has 1 saturated carbocycles. The van der Waals surface area contributed by atoms with Crippen LogP contribution in [0.15, 0.2) is 18.7 Å². The molecule has 0 atom stereocenters. The molecule has 4 aromatic rings. The SMILES string of the molecule is COc1ncnc(C2CC2)c1-c1nn(C)c2c1CN(c1ncc(-c3nc(C(F)(F)F)cn3C(C)C)s1)C2. The lowest BCUT2D eigenvalue weighted by Crippen LogP contribution is -2.16. The fraction of sp³-hybridized carbons (Fsp3) is 0.458. The van der Waals surface area contributed by atoms with Crippen LogP contribution in [0.25, 0.3) is 22.0 Å². The third kappa shape index (κ3) is 4.05. The number of fused-ring (bicyclic) bond motifs is 1. The fourth-order valence-electron chi connectivity index (χ4n) is 4.78. The van der Waals surface area contributed by atoms with E-state index >= 15 is 0 Å². The molecule has 0 spiro atoms. The third-order valence-corrected chi connectivity index (χ3v) is 7.82. The number of imidazole rings is 1. The summed E-state index contributed by atoms with van der Waals surface area (Å²) in [6.07, 6.45) is 1.85. The first-order valence-corrected chi connectivity index (χ1v) is 12.8. The molecule has 0 amide bonds. The van der Waals surface area contributed by atoms with Crippen molar-refractivity contribution in [3.05, 3.63) is 41.4 Å². The number of thiazole rings is 1. The van der Waals surface area contributed by atoms with Crippen LogP contribution < -0.4 is 9.64 Å². The molecule has 0 N–H and O–H groups in total. The molecule has 9 nitrogen and oxygen atoms in total. The Bertz CT molecular complexity index is 1480. The van der Waals surface area contributed by atoms with Crippen molar-refractivity contribution in [2.24, 2.45) is 7.05 Å². The standard InChI is InChI=1S/C24H25F3N8OS/c1-12(2)35-10-17(24(25,26)27)31-21(35)16-7-28-23(37-16)34-8-14-15(9-34)33(3)32-20(14)18-19(13-5-6-13)29-11-30-22(18)36-4/h7,10-13H,5-6,8-9H2,1-4H3. The minimum Gasteiger partial charge on any atom is -0.480 e. The van der Waals surface area contributed by atoms with E-state index < -0.39 is 11.9 Å². The number of aromatic nitrogens is 7. The molecular formula is C24H25F3N8OS. The van der Waals surface area contributed by atoms with Gasteiger partial charge in [-0.1, -0.05) is 11.3 Å². The predicted molar refractivity (Wildman–Crippen MR) is 131 cm³/mol. The summed E-state index contributed by atoms with van der Waals surface area (Å²) in [5, 5.41) is 5.52. The van der Waals surface area contributed by atoms with E-state index in [1.807, 2.05) is 25.6 Å². The van der Waals surface area contributed by atoms with E-state index in [4.69, 9.17) is 9.84 Å². The van der Waals surface area contributed by atoms with E-state index in [9.17, 15) is 13.2 Å². The first-order chi connectivity index (χ1) is 17.7. The predicted octanol–water partition coefficient (Wildman–Crippen LogP) is 5.20. The highest BCUT2D eigenvalue weighted by molar-refractivity contribution is 7.18. The van der Waals surface area contributed by atoms with Gasteiger partial charge in [0, 0.05) is 37.3 Å². The van der Waals surface area contributed by atoms with Gasteiger partial charge < -0.3 is 14.2 Å². The van der Waals surface area contributed by atoms with Gasteiger partial charge in [0.2, 0.25) is 5.88 Å². The molecular weight excluding hydrogens is 505 g/mol. The van der Waals surface area contributed by atoms with Crippen LogP contribution in [0.1, 0.15) is 61.3 Å². The number of anilines is 1. The summed E-state index contributed by atoms with van der Waals surface area (Å²) in [6, 6.07) is -0.183. The van der Waals surface area contributed by atoms with Gasteiger partial charge in [0.1, 0.15) is 12.0 Å². The van der Waals surface area contributed by atoms with Gasteiger partial charge in [-0.3, -0.25) is 4.68 Å². The number of nitrogens with zero attached hydrogens (tertiary/aromatic N) is 8. The summed E-state index contributed by atoms with van der Waals surface area (Å²) >= 11 is 1.33. The van der Waals surface area contributed by atoms with E-state index in [1.165, 1.54) is 17.7 Å². The maximum atomic E-state index is 13.4. The number of rotatable bonds is 6. The smallest absolute Gasteiger partial charge is 0.434 e. The lowest BCUT2D eigenvalue weighted by molar-refractivity contribution is -0.140. The van der Waals surface area contributed by atoms with Crippen molar-refractivity contribution in [2.75, 3.05) is 12.0 Å². The normalized spacial score (nSPS) is 15.6. The Labute approximate surface area is 215 Å². The zero-order chi connectivity index (χ0) is 26.1. The molecule has 0 unspecified atom stereocenters. The lowest BCUT2D eigenvalue weighted by atomic mass is 10.0. The van der Waals surface area contributed by atoms with Gasteiger partial charge in [-0.2, -0.15) is 18.3 Å². The first kappa shape index (κ1) is 23.9. The first-order valence-electron chi connectivity index (χ1n) is 12.0. The van der Waals surface area contributed by atoms with Crippen LogP contribution in [-0.2, 0) is 26.3 Å². The Morgan fingerprint density at radius 3 is 2.59 bits per heavy atom. The van der Waals surface area contributed by atoms with Crippen molar-refractivity contribution in [1.29, 1.82) is 0 Å². The van der Waals surface area contributed by atoms with Crippen molar-refractivity contribution in [2.45, 2.75) is 57.9 Å². The number of hydrogen-bond donors (Lipinski definition) is 0. The highest BCUT2D eigenvalue weighted by atomic mass is 32.1. The Hall–Kier alpha value is -3.48. The van der Waals surface area contributed by atoms with Gasteiger partial charge in [-0.05, 0) is 26.7 Å². The Morgan fingerprint density at radius 1 is 1.14 bits per heavy atom. The second-order valence-corrected chi connectivity index (χ2v) is 10.6. The number of aryl methyl sites for hydroxylation is 1. The van der Waals surface area contributed by atoms with Gasteiger partial charge in [0.15, 0.2) is 16.6 Å². The Morgan fingerprint density at radius 2 is 1.92 bits per heavy atom. The molecule has 5 heterocycles. The van der Waals surface area contributed by atoms with Crippen LogP contribution >= 0.6 is 11.3 Å². The zero-order valence-corrected chi connectivity index (χ0v) is 21.6. The monoisotopic (exact) mass is 530 g/mol. The number of ether oxygens (including phenoxy) is 1. The highest BCUT2D eigenvalue weighted by Gasteiger charge is 2.37. The van der Waals surface area contributed by atoms with Crippen LogP contribution in [0, 0.1) is 0 Å². The van der Waals surface area contributed by atoms with Crippen LogP contribution in [-0.4, -0.2) is 41.4 Å². The molecule has 0 saturated heterocycles. The summed E-state index contributed by atoms with van der Waals surface area (Å²) in [4.78, 5) is 20.1. The largest absolute Gasteiger partial charge is 0.480 e. The van der Waals surface area contributed by atoms with Crippen molar-refractivity contribution in [3.63, 3.8) is 0 Å². The molecule has 1 aliphatic heterocycles. The van der Waals surface area contributed by atoms with E-state index in [0.29, 0.717) is 34.9 Å². The van der Waals surface area contributed by atoms with Gasteiger partial charge in [0.25, 0.3) is 0 Å². The number of hydrogen-bond acceptors (Lipinski definition) is 8. The van der Waals surface area contributed by atoms with Gasteiger partial charge in [-0.25, -0.2) is 19.9 Å². The lowest BCUT2D eigenvalue weighted by Gasteiger charge is -2.15. The van der Waals surface area contributed by atoms with Crippen LogP contribution in [0.5, 0.6) is 5.88 Å². The molecule has 0 aromatic carbocycles. The maximum absolute atomic E-state index is 13.4. The van der Waals surface area contributed by atoms with Crippen LogP contribution in [0.4, 0.5) is 18.3 Å². The average molecular weight is 531 g/mol. The minimum absolute atomic E-state index is 0.183. The summed E-state index contributed by atoms with van der Waals surface area (Å²) < 4.78 is 49.1. The Kier molecular flexibility index (Phi) is 5.51. The van der Waals surface area contributed by atoms with Crippen LogP contribution in [0.3, 0.4) is 0 Å². The van der Waals surface area contributed by atoms with Crippen molar-refractivity contribution in [1.82, 2.24) is 34.3 Å². The third-order valence-electron chi connectivity index (χ3n) is 6.76. The summed E-state index contributed by atoms with van der Waals surface area (Å²) in [5.41, 5.74) is 3.80. The van der Waals surface area contributed by atoms with E-state index in [-0.39, 0.29) is 11.9 Å². The molecule has 37 heavy (non-hydrogen) atoms. The molecule has 1 fully saturated rings. The molecule has 194 valence electrons. The zero-order valence-electron chi connectivity index (χ0n) is 20.7. The molecule has 0 bridgehead atoms. The summed E-state index contributed by atoms with van der Waals surface area (Å²) in [7, 11) is 3.50. The van der Waals surface area contributed by atoms with E-state index in [2.05, 4.69) is 24.8 Å². The number of alkyl halides is 3. The molecule has 13 heteroatoms. The molecule has 4 aromatic heterocycles. The summed E-state index contributed by atoms with van der Waals surface area (Å²) in [5.74, 6) is 1.16. The topological polar surface area (TPSA) is 86.8 Å². The minimum atomic E-state index is -4.51. The van der Waals surface area contributed by atoms with Crippen molar-refractivity contribution >= 4 is 16.5 Å². The molecule has 2 aliphatic rings. The highest BCUT2D eigenvalue weighted by Crippen LogP contribution is 2.47. The van der Waals surface area contributed by atoms with Gasteiger partial charge >= 0.3 is 6.18 Å². The fourth-order valence-corrected chi connectivity index (χ4v) is 5.68.